The molecule has 0 spiro atoms. The topological polar surface area (TPSA) is 53.0 Å². The van der Waals surface area contributed by atoms with Gasteiger partial charge in [0.25, 0.3) is 11.8 Å². The third-order valence-electron chi connectivity index (χ3n) is 6.55. The van der Waals surface area contributed by atoms with Crippen molar-refractivity contribution in [2.75, 3.05) is 16.3 Å². The predicted octanol–water partition coefficient (Wildman–Crippen LogP) is 6.63. The van der Waals surface area contributed by atoms with Crippen LogP contribution in [0.15, 0.2) is 83.2 Å². The summed E-state index contributed by atoms with van der Waals surface area (Å²) < 4.78 is 0. The number of amidine groups is 1. The van der Waals surface area contributed by atoms with Crippen molar-refractivity contribution in [3.05, 3.63) is 106 Å². The smallest absolute Gasteiger partial charge is 0.272 e. The van der Waals surface area contributed by atoms with E-state index in [1.165, 1.54) is 11.8 Å². The zero-order chi connectivity index (χ0) is 25.6. The maximum atomic E-state index is 14.2. The van der Waals surface area contributed by atoms with Crippen LogP contribution in [0.5, 0.6) is 0 Å². The summed E-state index contributed by atoms with van der Waals surface area (Å²) in [4.78, 5) is 36.6. The van der Waals surface area contributed by atoms with Gasteiger partial charge in [0.2, 0.25) is 0 Å². The number of para-hydroxylation sites is 3. The molecule has 0 bridgehead atoms. The van der Waals surface area contributed by atoms with Crippen molar-refractivity contribution in [1.29, 1.82) is 0 Å². The van der Waals surface area contributed by atoms with E-state index in [-0.39, 0.29) is 11.8 Å². The van der Waals surface area contributed by atoms with Crippen molar-refractivity contribution in [3.8, 4) is 0 Å². The lowest BCUT2D eigenvalue weighted by molar-refractivity contribution is -0.115. The minimum Gasteiger partial charge on any atom is -0.304 e. The summed E-state index contributed by atoms with van der Waals surface area (Å²) in [6.07, 6.45) is 1.70. The first kappa shape index (κ1) is 23.8. The number of carbonyl (C=O) groups excluding carboxylic acids is 2. The summed E-state index contributed by atoms with van der Waals surface area (Å²) >= 11 is 1.27. The molecule has 1 saturated heterocycles. The molecule has 0 unspecified atom stereocenters. The number of aryl methyl sites for hydroxylation is 4. The second-order valence-corrected chi connectivity index (χ2v) is 10.0. The molecule has 3 aromatic carbocycles. The molecule has 2 heterocycles. The molecule has 2 aliphatic rings. The number of rotatable bonds is 4. The van der Waals surface area contributed by atoms with E-state index in [0.29, 0.717) is 22.2 Å². The number of hydrogen-bond donors (Lipinski definition) is 0. The van der Waals surface area contributed by atoms with Gasteiger partial charge in [0.15, 0.2) is 5.17 Å². The Morgan fingerprint density at radius 3 is 2.08 bits per heavy atom. The molecule has 3 aromatic rings. The number of thioether (sulfide) groups is 1. The average molecular weight is 494 g/mol. The number of carbonyl (C=O) groups is 2. The highest BCUT2D eigenvalue weighted by Gasteiger charge is 2.43. The van der Waals surface area contributed by atoms with Crippen LogP contribution >= 0.6 is 11.8 Å². The second-order valence-electron chi connectivity index (χ2n) is 9.04. The van der Waals surface area contributed by atoms with Crippen molar-refractivity contribution in [2.24, 2.45) is 4.99 Å². The Bertz CT molecular complexity index is 1460. The number of aliphatic imine (C=N–C) groups is 1. The molecule has 2 amide bonds. The highest BCUT2D eigenvalue weighted by atomic mass is 32.2. The molecule has 1 fully saturated rings. The van der Waals surface area contributed by atoms with Gasteiger partial charge in [-0.3, -0.25) is 14.5 Å². The van der Waals surface area contributed by atoms with E-state index in [2.05, 4.69) is 6.58 Å². The number of fused-ring (bicyclic) bond motifs is 1. The van der Waals surface area contributed by atoms with Gasteiger partial charge in [0.05, 0.1) is 27.5 Å². The zero-order valence-corrected chi connectivity index (χ0v) is 21.6. The Balaban J connectivity index is 1.76. The van der Waals surface area contributed by atoms with Crippen LogP contribution in [-0.4, -0.2) is 23.5 Å². The van der Waals surface area contributed by atoms with Gasteiger partial charge in [-0.1, -0.05) is 60.7 Å². The molecule has 180 valence electrons. The summed E-state index contributed by atoms with van der Waals surface area (Å²) in [5.41, 5.74) is 7.60. The molecule has 0 aromatic heterocycles. The Labute approximate surface area is 215 Å². The summed E-state index contributed by atoms with van der Waals surface area (Å²) in [7, 11) is 0. The van der Waals surface area contributed by atoms with Gasteiger partial charge in [-0.25, -0.2) is 4.99 Å². The molecule has 0 aliphatic carbocycles. The summed E-state index contributed by atoms with van der Waals surface area (Å²) in [5, 5.41) is 0.546. The fourth-order valence-corrected chi connectivity index (χ4v) is 5.91. The van der Waals surface area contributed by atoms with Crippen LogP contribution in [0.25, 0.3) is 5.57 Å². The maximum Gasteiger partial charge on any atom is 0.272 e. The molecule has 5 nitrogen and oxygen atoms in total. The molecule has 0 N–H and O–H groups in total. The SMILES string of the molecule is C=CCN1C(=O)/C(=C2\SC(=Nc3c(C)cccc3C)N(c3c(C)cccc3C)C2=O)c2ccccc21. The predicted molar refractivity (Wildman–Crippen MR) is 150 cm³/mol. The van der Waals surface area contributed by atoms with Crippen LogP contribution in [-0.2, 0) is 9.59 Å². The van der Waals surface area contributed by atoms with Gasteiger partial charge in [0, 0.05) is 12.1 Å². The molecule has 0 radical (unpaired) electrons. The first-order valence-electron chi connectivity index (χ1n) is 11.8. The number of amides is 2. The second kappa shape index (κ2) is 9.28. The van der Waals surface area contributed by atoms with Gasteiger partial charge >= 0.3 is 0 Å². The lowest BCUT2D eigenvalue weighted by Gasteiger charge is -2.21. The van der Waals surface area contributed by atoms with Gasteiger partial charge in [-0.15, -0.1) is 6.58 Å². The monoisotopic (exact) mass is 493 g/mol. The summed E-state index contributed by atoms with van der Waals surface area (Å²) in [6.45, 7) is 12.2. The first-order valence-corrected chi connectivity index (χ1v) is 12.6. The van der Waals surface area contributed by atoms with E-state index in [0.717, 1.165) is 44.9 Å². The van der Waals surface area contributed by atoms with E-state index in [1.54, 1.807) is 15.9 Å². The summed E-state index contributed by atoms with van der Waals surface area (Å²) in [6, 6.07) is 19.6. The number of benzene rings is 3. The number of hydrogen-bond acceptors (Lipinski definition) is 4. The van der Waals surface area contributed by atoms with E-state index < -0.39 is 0 Å². The minimum atomic E-state index is -0.235. The molecule has 2 aliphatic heterocycles. The molecule has 0 saturated carbocycles. The highest BCUT2D eigenvalue weighted by molar-refractivity contribution is 8.19. The molecule has 6 heteroatoms. The fourth-order valence-electron chi connectivity index (χ4n) is 4.84. The highest BCUT2D eigenvalue weighted by Crippen LogP contribution is 2.47. The molecular formula is C30H27N3O2S. The molecule has 36 heavy (non-hydrogen) atoms. The Morgan fingerprint density at radius 1 is 0.833 bits per heavy atom. The standard InChI is InChI=1S/C30H27N3O2S/c1-6-17-32-23-16-8-7-15-22(23)24(28(32)34)27-29(35)33(26-20(4)13-10-14-21(26)5)30(36-27)31-25-18(2)11-9-12-19(25)3/h6-16H,1,17H2,2-5H3/b27-24-,31-30?. The summed E-state index contributed by atoms with van der Waals surface area (Å²) in [5.74, 6) is -0.428. The van der Waals surface area contributed by atoms with Crippen molar-refractivity contribution in [2.45, 2.75) is 27.7 Å². The van der Waals surface area contributed by atoms with E-state index >= 15 is 0 Å². The fraction of sp³-hybridized carbons (Fsp3) is 0.167. The Morgan fingerprint density at radius 2 is 1.44 bits per heavy atom. The zero-order valence-electron chi connectivity index (χ0n) is 20.8. The molecule has 5 rings (SSSR count). The van der Waals surface area contributed by atoms with Crippen molar-refractivity contribution < 1.29 is 9.59 Å². The minimum absolute atomic E-state index is 0.193. The molecule has 0 atom stereocenters. The van der Waals surface area contributed by atoms with Crippen LogP contribution in [0.1, 0.15) is 27.8 Å². The van der Waals surface area contributed by atoms with Gasteiger partial charge < -0.3 is 4.90 Å². The van der Waals surface area contributed by atoms with Crippen LogP contribution in [0, 0.1) is 27.7 Å². The Hall–Kier alpha value is -3.90. The Kier molecular flexibility index (Phi) is 6.14. The third-order valence-corrected chi connectivity index (χ3v) is 7.59. The van der Waals surface area contributed by atoms with Crippen LogP contribution in [0.3, 0.4) is 0 Å². The quantitative estimate of drug-likeness (QED) is 0.303. The van der Waals surface area contributed by atoms with Gasteiger partial charge in [0.1, 0.15) is 0 Å². The van der Waals surface area contributed by atoms with E-state index in [9.17, 15) is 9.59 Å². The van der Waals surface area contributed by atoms with Gasteiger partial charge in [-0.05, 0) is 67.8 Å². The lowest BCUT2D eigenvalue weighted by atomic mass is 10.1. The van der Waals surface area contributed by atoms with Crippen molar-refractivity contribution in [1.82, 2.24) is 0 Å². The normalized spacial score (nSPS) is 18.4. The number of nitrogens with zero attached hydrogens (tertiary/aromatic N) is 3. The van der Waals surface area contributed by atoms with Crippen molar-refractivity contribution >= 4 is 51.4 Å². The average Bonchev–Trinajstić information content (AvgIpc) is 3.30. The van der Waals surface area contributed by atoms with Gasteiger partial charge in [-0.2, -0.15) is 0 Å². The van der Waals surface area contributed by atoms with Crippen LogP contribution < -0.4 is 9.80 Å². The molecular weight excluding hydrogens is 466 g/mol. The number of anilines is 2. The first-order chi connectivity index (χ1) is 17.3. The van der Waals surface area contributed by atoms with Crippen LogP contribution in [0.4, 0.5) is 17.1 Å². The van der Waals surface area contributed by atoms with E-state index in [4.69, 9.17) is 4.99 Å². The third kappa shape index (κ3) is 3.78. The van der Waals surface area contributed by atoms with Crippen molar-refractivity contribution in [3.63, 3.8) is 0 Å². The maximum absolute atomic E-state index is 14.2. The van der Waals surface area contributed by atoms with Crippen LogP contribution in [0.2, 0.25) is 0 Å². The lowest BCUT2D eigenvalue weighted by Crippen LogP contribution is -2.31. The van der Waals surface area contributed by atoms with E-state index in [1.807, 2.05) is 88.4 Å². The largest absolute Gasteiger partial charge is 0.304 e.